The molecule has 1 aromatic rings. The number of rotatable bonds is 7. The molecular weight excluding hydrogens is 252 g/mol. The highest BCUT2D eigenvalue weighted by atomic mass is 19.1. The minimum atomic E-state index is -0.590. The molecule has 5 heteroatoms. The molecule has 0 heterocycles. The van der Waals surface area contributed by atoms with Crippen LogP contribution in [0.2, 0.25) is 0 Å². The number of nitrogens with one attached hydrogen (secondary N) is 1. The van der Waals surface area contributed by atoms with E-state index in [0.717, 1.165) is 6.07 Å². The molecule has 0 radical (unpaired) electrons. The summed E-state index contributed by atoms with van der Waals surface area (Å²) in [6.45, 7) is 4.42. The van der Waals surface area contributed by atoms with E-state index in [0.29, 0.717) is 31.6 Å². The summed E-state index contributed by atoms with van der Waals surface area (Å²) < 4.78 is 30.9. The molecule has 1 atom stereocenters. The highest BCUT2D eigenvalue weighted by molar-refractivity contribution is 5.75. The van der Waals surface area contributed by atoms with Crippen LogP contribution in [0.15, 0.2) is 18.2 Å². The van der Waals surface area contributed by atoms with Gasteiger partial charge < -0.3 is 10.1 Å². The second-order valence-corrected chi connectivity index (χ2v) is 4.19. The maximum Gasteiger partial charge on any atom is 0.323 e. The Balaban J connectivity index is 2.45. The van der Waals surface area contributed by atoms with Gasteiger partial charge in [-0.15, -0.1) is 0 Å². The van der Waals surface area contributed by atoms with Crippen LogP contribution < -0.4 is 5.32 Å². The lowest BCUT2D eigenvalue weighted by molar-refractivity contribution is -0.145. The van der Waals surface area contributed by atoms with E-state index >= 15 is 0 Å². The largest absolute Gasteiger partial charge is 0.465 e. The van der Waals surface area contributed by atoms with Gasteiger partial charge in [-0.2, -0.15) is 0 Å². The Morgan fingerprint density at radius 1 is 1.26 bits per heavy atom. The Kier molecular flexibility index (Phi) is 6.42. The van der Waals surface area contributed by atoms with E-state index < -0.39 is 11.6 Å². The SMILES string of the molecule is CCOC(=O)C(CC)NCCc1cc(F)cc(F)c1. The molecule has 0 saturated heterocycles. The molecule has 0 bridgehead atoms. The molecule has 3 nitrogen and oxygen atoms in total. The third kappa shape index (κ3) is 5.34. The number of carbonyl (C=O) groups is 1. The van der Waals surface area contributed by atoms with Crippen LogP contribution in [0.3, 0.4) is 0 Å². The van der Waals surface area contributed by atoms with E-state index in [2.05, 4.69) is 5.32 Å². The van der Waals surface area contributed by atoms with E-state index in [1.54, 1.807) is 6.92 Å². The average molecular weight is 271 g/mol. The summed E-state index contributed by atoms with van der Waals surface area (Å²) in [5, 5.41) is 3.02. The first-order valence-corrected chi connectivity index (χ1v) is 6.41. The molecule has 1 unspecified atom stereocenters. The summed E-state index contributed by atoms with van der Waals surface area (Å²) in [7, 11) is 0. The van der Waals surface area contributed by atoms with E-state index in [4.69, 9.17) is 4.74 Å². The predicted molar refractivity (Wildman–Crippen MR) is 68.8 cm³/mol. The summed E-state index contributed by atoms with van der Waals surface area (Å²) in [6, 6.07) is 3.04. The van der Waals surface area contributed by atoms with Crippen molar-refractivity contribution >= 4 is 5.97 Å². The van der Waals surface area contributed by atoms with Gasteiger partial charge in [-0.3, -0.25) is 4.79 Å². The first kappa shape index (κ1) is 15.6. The molecule has 1 rings (SSSR count). The molecule has 0 aromatic heterocycles. The number of halogens is 2. The Morgan fingerprint density at radius 2 is 1.89 bits per heavy atom. The second-order valence-electron chi connectivity index (χ2n) is 4.19. The second kappa shape index (κ2) is 7.84. The number of esters is 1. The van der Waals surface area contributed by atoms with Crippen molar-refractivity contribution in [3.63, 3.8) is 0 Å². The Morgan fingerprint density at radius 3 is 2.42 bits per heavy atom. The van der Waals surface area contributed by atoms with Crippen LogP contribution in [-0.4, -0.2) is 25.2 Å². The van der Waals surface area contributed by atoms with Crippen LogP contribution >= 0.6 is 0 Å². The van der Waals surface area contributed by atoms with Gasteiger partial charge in [-0.05, 0) is 44.0 Å². The van der Waals surface area contributed by atoms with E-state index in [9.17, 15) is 13.6 Å². The van der Waals surface area contributed by atoms with Crippen molar-refractivity contribution in [1.82, 2.24) is 5.32 Å². The van der Waals surface area contributed by atoms with E-state index in [1.165, 1.54) is 12.1 Å². The minimum absolute atomic E-state index is 0.296. The van der Waals surface area contributed by atoms with Gasteiger partial charge in [0.1, 0.15) is 17.7 Å². The smallest absolute Gasteiger partial charge is 0.323 e. The molecule has 0 aliphatic carbocycles. The van der Waals surface area contributed by atoms with Gasteiger partial charge in [0.05, 0.1) is 6.61 Å². The van der Waals surface area contributed by atoms with Gasteiger partial charge in [0.25, 0.3) is 0 Å². The molecule has 0 amide bonds. The third-order valence-corrected chi connectivity index (χ3v) is 2.71. The summed E-state index contributed by atoms with van der Waals surface area (Å²) in [4.78, 5) is 11.5. The van der Waals surface area contributed by atoms with Gasteiger partial charge in [0.15, 0.2) is 0 Å². The predicted octanol–water partition coefficient (Wildman–Crippen LogP) is 2.44. The fourth-order valence-corrected chi connectivity index (χ4v) is 1.78. The van der Waals surface area contributed by atoms with Crippen molar-refractivity contribution in [2.24, 2.45) is 0 Å². The van der Waals surface area contributed by atoms with Crippen molar-refractivity contribution < 1.29 is 18.3 Å². The van der Waals surface area contributed by atoms with E-state index in [-0.39, 0.29) is 12.0 Å². The number of carbonyl (C=O) groups excluding carboxylic acids is 1. The average Bonchev–Trinajstić information content (AvgIpc) is 2.33. The maximum absolute atomic E-state index is 13.0. The molecule has 1 N–H and O–H groups in total. The van der Waals surface area contributed by atoms with Crippen molar-refractivity contribution in [2.45, 2.75) is 32.7 Å². The highest BCUT2D eigenvalue weighted by Gasteiger charge is 2.16. The zero-order valence-corrected chi connectivity index (χ0v) is 11.2. The first-order chi connectivity index (χ1) is 9.06. The van der Waals surface area contributed by atoms with E-state index in [1.807, 2.05) is 6.92 Å². The third-order valence-electron chi connectivity index (χ3n) is 2.71. The quantitative estimate of drug-likeness (QED) is 0.774. The lowest BCUT2D eigenvalue weighted by Gasteiger charge is -2.15. The lowest BCUT2D eigenvalue weighted by Crippen LogP contribution is -2.38. The van der Waals surface area contributed by atoms with Crippen molar-refractivity contribution in [1.29, 1.82) is 0 Å². The fraction of sp³-hybridized carbons (Fsp3) is 0.500. The van der Waals surface area contributed by atoms with Crippen molar-refractivity contribution in [3.8, 4) is 0 Å². The zero-order chi connectivity index (χ0) is 14.3. The number of hydrogen-bond acceptors (Lipinski definition) is 3. The zero-order valence-electron chi connectivity index (χ0n) is 11.2. The van der Waals surface area contributed by atoms with Gasteiger partial charge in [-0.25, -0.2) is 8.78 Å². The molecule has 19 heavy (non-hydrogen) atoms. The maximum atomic E-state index is 13.0. The summed E-state index contributed by atoms with van der Waals surface area (Å²) in [5.74, 6) is -1.48. The molecular formula is C14H19F2NO2. The molecule has 0 fully saturated rings. The topological polar surface area (TPSA) is 38.3 Å². The highest BCUT2D eigenvalue weighted by Crippen LogP contribution is 2.08. The molecule has 0 spiro atoms. The summed E-state index contributed by atoms with van der Waals surface area (Å²) >= 11 is 0. The van der Waals surface area contributed by atoms with Crippen molar-refractivity contribution in [3.05, 3.63) is 35.4 Å². The Bertz CT molecular complexity index is 404. The van der Waals surface area contributed by atoms with Gasteiger partial charge in [-0.1, -0.05) is 6.92 Å². The number of benzene rings is 1. The molecule has 0 aliphatic heterocycles. The first-order valence-electron chi connectivity index (χ1n) is 6.41. The summed E-state index contributed by atoms with van der Waals surface area (Å²) in [6.07, 6.45) is 1.06. The minimum Gasteiger partial charge on any atom is -0.465 e. The van der Waals surface area contributed by atoms with Gasteiger partial charge in [0.2, 0.25) is 0 Å². The molecule has 0 saturated carbocycles. The Hall–Kier alpha value is -1.49. The molecule has 1 aromatic carbocycles. The van der Waals surface area contributed by atoms with Crippen LogP contribution in [0.1, 0.15) is 25.8 Å². The van der Waals surface area contributed by atoms with Gasteiger partial charge >= 0.3 is 5.97 Å². The van der Waals surface area contributed by atoms with Crippen LogP contribution in [0.25, 0.3) is 0 Å². The Labute approximate surface area is 112 Å². The standard InChI is InChI=1S/C14H19F2NO2/c1-3-13(14(18)19-4-2)17-6-5-10-7-11(15)9-12(16)8-10/h7-9,13,17H,3-6H2,1-2H3. The number of ether oxygens (including phenoxy) is 1. The normalized spacial score (nSPS) is 12.2. The monoisotopic (exact) mass is 271 g/mol. The van der Waals surface area contributed by atoms with Crippen LogP contribution in [-0.2, 0) is 16.0 Å². The summed E-state index contributed by atoms with van der Waals surface area (Å²) in [5.41, 5.74) is 0.559. The lowest BCUT2D eigenvalue weighted by atomic mass is 10.1. The number of hydrogen-bond donors (Lipinski definition) is 1. The van der Waals surface area contributed by atoms with Gasteiger partial charge in [0, 0.05) is 6.07 Å². The van der Waals surface area contributed by atoms with Crippen LogP contribution in [0.4, 0.5) is 8.78 Å². The molecule has 106 valence electrons. The fourth-order valence-electron chi connectivity index (χ4n) is 1.78. The van der Waals surface area contributed by atoms with Crippen LogP contribution in [0.5, 0.6) is 0 Å². The molecule has 0 aliphatic rings. The van der Waals surface area contributed by atoms with Crippen molar-refractivity contribution in [2.75, 3.05) is 13.2 Å². The van der Waals surface area contributed by atoms with Crippen LogP contribution in [0, 0.1) is 11.6 Å².